The van der Waals surface area contributed by atoms with Crippen molar-refractivity contribution in [2.75, 3.05) is 0 Å². The lowest BCUT2D eigenvalue weighted by Crippen LogP contribution is -2.25. The molecular formula is C20H15N3O3. The zero-order valence-electron chi connectivity index (χ0n) is 13.7. The smallest absolute Gasteiger partial charge is 0.273 e. The lowest BCUT2D eigenvalue weighted by atomic mass is 10.1. The number of nitrogens with zero attached hydrogens (tertiary/aromatic N) is 2. The average Bonchev–Trinajstić information content (AvgIpc) is 3.16. The molecule has 1 aromatic heterocycles. The summed E-state index contributed by atoms with van der Waals surface area (Å²) in [5.74, 6) is 0.288. The van der Waals surface area contributed by atoms with E-state index in [1.54, 1.807) is 60.7 Å². The number of aliphatic hydroxyl groups excluding tert-OH is 1. The van der Waals surface area contributed by atoms with Crippen molar-refractivity contribution in [3.63, 3.8) is 0 Å². The first-order valence-corrected chi connectivity index (χ1v) is 7.84. The second kappa shape index (κ2) is 7.92. The fourth-order valence-electron chi connectivity index (χ4n) is 2.37. The van der Waals surface area contributed by atoms with Crippen LogP contribution in [0.4, 0.5) is 0 Å². The van der Waals surface area contributed by atoms with Gasteiger partial charge in [0.05, 0.1) is 17.8 Å². The number of nitriles is 1. The lowest BCUT2D eigenvalue weighted by Gasteiger charge is -2.08. The Balaban J connectivity index is 1.66. The van der Waals surface area contributed by atoms with Gasteiger partial charge in [0.25, 0.3) is 5.91 Å². The van der Waals surface area contributed by atoms with Crippen molar-refractivity contribution < 1.29 is 14.3 Å². The zero-order valence-corrected chi connectivity index (χ0v) is 13.7. The molecule has 0 spiro atoms. The van der Waals surface area contributed by atoms with Crippen molar-refractivity contribution in [1.82, 2.24) is 5.43 Å². The number of nitrogens with one attached hydrogen (secondary N) is 1. The summed E-state index contributed by atoms with van der Waals surface area (Å²) in [6.07, 6.45) is 0.0247. The maximum Gasteiger partial charge on any atom is 0.273 e. The van der Waals surface area contributed by atoms with E-state index in [9.17, 15) is 9.90 Å². The maximum atomic E-state index is 11.9. The molecule has 1 atom stereocenters. The second-order valence-electron chi connectivity index (χ2n) is 5.41. The fraction of sp³-hybridized carbons (Fsp3) is 0.0500. The van der Waals surface area contributed by atoms with E-state index in [0.717, 1.165) is 0 Å². The fourth-order valence-corrected chi connectivity index (χ4v) is 2.37. The van der Waals surface area contributed by atoms with Crippen LogP contribution < -0.4 is 5.43 Å². The minimum absolute atomic E-state index is 0.405. The van der Waals surface area contributed by atoms with Crippen LogP contribution in [0.15, 0.2) is 76.2 Å². The van der Waals surface area contributed by atoms with E-state index in [2.05, 4.69) is 16.6 Å². The number of hydrogen-bond acceptors (Lipinski definition) is 5. The highest BCUT2D eigenvalue weighted by Gasteiger charge is 2.16. The van der Waals surface area contributed by atoms with Crippen LogP contribution >= 0.6 is 0 Å². The third-order valence-corrected chi connectivity index (χ3v) is 3.67. The van der Waals surface area contributed by atoms with Crippen LogP contribution in [0.2, 0.25) is 0 Å². The Labute approximate surface area is 150 Å². The molecule has 0 aliphatic rings. The van der Waals surface area contributed by atoms with Crippen LogP contribution in [0.5, 0.6) is 0 Å². The minimum Gasteiger partial charge on any atom is -0.455 e. The number of carbonyl (C=O) groups excluding carboxylic acids is 1. The van der Waals surface area contributed by atoms with Gasteiger partial charge in [0.2, 0.25) is 0 Å². The molecule has 0 aliphatic heterocycles. The highest BCUT2D eigenvalue weighted by atomic mass is 16.3. The van der Waals surface area contributed by atoms with Crippen molar-refractivity contribution >= 4 is 12.1 Å². The Morgan fingerprint density at radius 2 is 1.85 bits per heavy atom. The molecule has 0 saturated heterocycles. The van der Waals surface area contributed by atoms with E-state index in [4.69, 9.17) is 9.68 Å². The second-order valence-corrected chi connectivity index (χ2v) is 5.41. The van der Waals surface area contributed by atoms with Gasteiger partial charge in [-0.05, 0) is 29.8 Å². The number of aliphatic hydroxyl groups is 1. The Kier molecular flexibility index (Phi) is 5.22. The summed E-state index contributed by atoms with van der Waals surface area (Å²) in [7, 11) is 0. The molecule has 0 radical (unpaired) electrons. The van der Waals surface area contributed by atoms with Gasteiger partial charge < -0.3 is 9.52 Å². The molecule has 3 aromatic rings. The van der Waals surface area contributed by atoms with Crippen LogP contribution in [-0.4, -0.2) is 17.2 Å². The van der Waals surface area contributed by atoms with Crippen molar-refractivity contribution in [1.29, 1.82) is 5.26 Å². The molecule has 2 N–H and O–H groups in total. The van der Waals surface area contributed by atoms with Gasteiger partial charge in [-0.2, -0.15) is 10.4 Å². The van der Waals surface area contributed by atoms with Gasteiger partial charge in [-0.25, -0.2) is 5.43 Å². The molecule has 0 fully saturated rings. The van der Waals surface area contributed by atoms with Gasteiger partial charge in [-0.15, -0.1) is 0 Å². The van der Waals surface area contributed by atoms with E-state index in [0.29, 0.717) is 28.2 Å². The monoisotopic (exact) mass is 345 g/mol. The van der Waals surface area contributed by atoms with Gasteiger partial charge in [0.1, 0.15) is 11.5 Å². The van der Waals surface area contributed by atoms with Crippen LogP contribution in [0.1, 0.15) is 23.0 Å². The Morgan fingerprint density at radius 1 is 1.12 bits per heavy atom. The molecule has 26 heavy (non-hydrogen) atoms. The topological polar surface area (TPSA) is 98.6 Å². The van der Waals surface area contributed by atoms with Crippen molar-refractivity contribution in [3.05, 3.63) is 83.6 Å². The molecule has 2 aromatic carbocycles. The number of carbonyl (C=O) groups is 1. The molecule has 6 nitrogen and oxygen atoms in total. The Morgan fingerprint density at radius 3 is 2.62 bits per heavy atom. The largest absolute Gasteiger partial charge is 0.455 e. The number of amides is 1. The van der Waals surface area contributed by atoms with Gasteiger partial charge in [-0.1, -0.05) is 42.5 Å². The molecular weight excluding hydrogens is 330 g/mol. The predicted molar refractivity (Wildman–Crippen MR) is 96.0 cm³/mol. The average molecular weight is 345 g/mol. The first-order chi connectivity index (χ1) is 12.7. The van der Waals surface area contributed by atoms with E-state index in [-0.39, 0.29) is 0 Å². The first-order valence-electron chi connectivity index (χ1n) is 7.84. The zero-order chi connectivity index (χ0) is 18.4. The summed E-state index contributed by atoms with van der Waals surface area (Å²) in [4.78, 5) is 11.9. The van der Waals surface area contributed by atoms with Crippen molar-refractivity contribution in [3.8, 4) is 17.4 Å². The minimum atomic E-state index is -1.30. The van der Waals surface area contributed by atoms with Gasteiger partial charge >= 0.3 is 0 Å². The molecule has 1 heterocycles. The summed E-state index contributed by atoms with van der Waals surface area (Å²) >= 11 is 0. The normalized spacial score (nSPS) is 11.8. The van der Waals surface area contributed by atoms with E-state index < -0.39 is 12.0 Å². The van der Waals surface area contributed by atoms with E-state index in [1.807, 2.05) is 6.07 Å². The van der Waals surface area contributed by atoms with Crippen molar-refractivity contribution in [2.24, 2.45) is 5.10 Å². The van der Waals surface area contributed by atoms with Crippen LogP contribution in [-0.2, 0) is 4.79 Å². The molecule has 3 rings (SSSR count). The molecule has 0 saturated carbocycles. The highest BCUT2D eigenvalue weighted by molar-refractivity contribution is 5.84. The van der Waals surface area contributed by atoms with Gasteiger partial charge in [0.15, 0.2) is 6.10 Å². The van der Waals surface area contributed by atoms with Gasteiger partial charge in [-0.3, -0.25) is 4.79 Å². The summed E-state index contributed by atoms with van der Waals surface area (Å²) < 4.78 is 5.62. The summed E-state index contributed by atoms with van der Waals surface area (Å²) in [5.41, 5.74) is 3.93. The summed E-state index contributed by atoms with van der Waals surface area (Å²) in [6.45, 7) is 0. The van der Waals surface area contributed by atoms with Crippen LogP contribution in [0.25, 0.3) is 11.3 Å². The standard InChI is InChI=1S/C20H15N3O3/c21-12-15-8-4-5-9-17(15)18-11-10-16(26-18)13-22-23-20(25)19(24)14-6-2-1-3-7-14/h1-11,13,19,24H,(H,23,25)/b22-13-/t19-/m0/s1. The quantitative estimate of drug-likeness (QED) is 0.548. The van der Waals surface area contributed by atoms with Gasteiger partial charge in [0, 0.05) is 5.56 Å². The van der Waals surface area contributed by atoms with Crippen molar-refractivity contribution in [2.45, 2.75) is 6.10 Å². The number of furan rings is 1. The summed E-state index contributed by atoms with van der Waals surface area (Å²) in [5, 5.41) is 22.9. The first kappa shape index (κ1) is 17.1. The van der Waals surface area contributed by atoms with Crippen LogP contribution in [0, 0.1) is 11.3 Å². The third kappa shape index (κ3) is 3.86. The third-order valence-electron chi connectivity index (χ3n) is 3.67. The molecule has 128 valence electrons. The molecule has 0 bridgehead atoms. The highest BCUT2D eigenvalue weighted by Crippen LogP contribution is 2.24. The molecule has 1 amide bonds. The number of hydrogen-bond donors (Lipinski definition) is 2. The predicted octanol–water partition coefficient (Wildman–Crippen LogP) is 3.00. The van der Waals surface area contributed by atoms with E-state index in [1.165, 1.54) is 6.21 Å². The summed E-state index contributed by atoms with van der Waals surface area (Å²) in [6, 6.07) is 21.2. The number of benzene rings is 2. The lowest BCUT2D eigenvalue weighted by molar-refractivity contribution is -0.129. The maximum absolute atomic E-state index is 11.9. The molecule has 0 unspecified atom stereocenters. The SMILES string of the molecule is N#Cc1ccccc1-c1ccc(/C=N\NC(=O)[C@@H](O)c2ccccc2)o1. The Bertz CT molecular complexity index is 971. The molecule has 0 aliphatic carbocycles. The molecule has 6 heteroatoms. The Hall–Kier alpha value is -3.69. The van der Waals surface area contributed by atoms with Crippen LogP contribution in [0.3, 0.4) is 0 Å². The number of rotatable bonds is 5. The van der Waals surface area contributed by atoms with E-state index >= 15 is 0 Å². The number of hydrazone groups is 1.